The number of hydrogen-bond donors (Lipinski definition) is 2. The molecule has 1 amide bonds. The van der Waals surface area contributed by atoms with Crippen molar-refractivity contribution in [2.45, 2.75) is 38.9 Å². The van der Waals surface area contributed by atoms with E-state index in [-0.39, 0.29) is 42.8 Å². The average molecular weight is 336 g/mol. The normalized spacial score (nSPS) is 12.8. The van der Waals surface area contributed by atoms with E-state index in [0.717, 1.165) is 6.54 Å². The van der Waals surface area contributed by atoms with E-state index in [4.69, 9.17) is 5.73 Å². The molecule has 21 heavy (non-hydrogen) atoms. The molecule has 0 fully saturated rings. The fourth-order valence-electron chi connectivity index (χ4n) is 1.81. The Labute approximate surface area is 140 Å². The predicted molar refractivity (Wildman–Crippen MR) is 93.1 cm³/mol. The van der Waals surface area contributed by atoms with Crippen LogP contribution in [0.3, 0.4) is 0 Å². The van der Waals surface area contributed by atoms with Gasteiger partial charge in [-0.05, 0) is 26.5 Å². The van der Waals surface area contributed by atoms with E-state index < -0.39 is 0 Å². The van der Waals surface area contributed by atoms with E-state index in [1.54, 1.807) is 0 Å². The Morgan fingerprint density at radius 3 is 2.33 bits per heavy atom. The van der Waals surface area contributed by atoms with Crippen molar-refractivity contribution in [1.29, 1.82) is 0 Å². The number of carbonyl (C=O) groups is 1. The number of nitrogens with zero attached hydrogens (tertiary/aromatic N) is 1. The van der Waals surface area contributed by atoms with Gasteiger partial charge in [0.2, 0.25) is 5.91 Å². The van der Waals surface area contributed by atoms with Gasteiger partial charge >= 0.3 is 0 Å². The number of rotatable bonds is 7. The molecule has 0 aliphatic carbocycles. The first-order valence-corrected chi connectivity index (χ1v) is 6.75. The molecule has 0 aromatic heterocycles. The molecule has 3 N–H and O–H groups in total. The van der Waals surface area contributed by atoms with Crippen LogP contribution < -0.4 is 11.1 Å². The van der Waals surface area contributed by atoms with Crippen molar-refractivity contribution < 1.29 is 4.79 Å². The first-order valence-electron chi connectivity index (χ1n) is 6.75. The molecule has 122 valence electrons. The van der Waals surface area contributed by atoms with Crippen LogP contribution in [0, 0.1) is 0 Å². The Hall–Kier alpha value is -0.810. The Morgan fingerprint density at radius 2 is 1.81 bits per heavy atom. The number of amides is 1. The second-order valence-electron chi connectivity index (χ2n) is 5.24. The summed E-state index contributed by atoms with van der Waals surface area (Å²) in [6, 6.07) is 10.5. The third kappa shape index (κ3) is 9.69. The van der Waals surface area contributed by atoms with Crippen molar-refractivity contribution in [3.8, 4) is 0 Å². The van der Waals surface area contributed by atoms with Crippen LogP contribution >= 0.6 is 24.8 Å². The topological polar surface area (TPSA) is 58.4 Å². The summed E-state index contributed by atoms with van der Waals surface area (Å²) in [6.45, 7) is 5.47. The van der Waals surface area contributed by atoms with Crippen molar-refractivity contribution in [1.82, 2.24) is 10.2 Å². The Morgan fingerprint density at radius 1 is 1.24 bits per heavy atom. The highest BCUT2D eigenvalue weighted by Crippen LogP contribution is 2.05. The van der Waals surface area contributed by atoms with Crippen LogP contribution in [-0.2, 0) is 11.3 Å². The summed E-state index contributed by atoms with van der Waals surface area (Å²) in [7, 11) is 2.06. The van der Waals surface area contributed by atoms with Gasteiger partial charge in [0, 0.05) is 31.6 Å². The molecule has 0 bridgehead atoms. The van der Waals surface area contributed by atoms with Gasteiger partial charge in [-0.25, -0.2) is 0 Å². The maximum Gasteiger partial charge on any atom is 0.221 e. The summed E-state index contributed by atoms with van der Waals surface area (Å²) in [5, 5.41) is 2.92. The average Bonchev–Trinajstić information content (AvgIpc) is 2.36. The highest BCUT2D eigenvalue weighted by Gasteiger charge is 2.11. The number of nitrogens with one attached hydrogen (secondary N) is 1. The monoisotopic (exact) mass is 335 g/mol. The van der Waals surface area contributed by atoms with Gasteiger partial charge in [0.05, 0.1) is 0 Å². The zero-order valence-electron chi connectivity index (χ0n) is 12.9. The maximum atomic E-state index is 11.5. The predicted octanol–water partition coefficient (Wildman–Crippen LogP) is 2.20. The third-order valence-electron chi connectivity index (χ3n) is 3.13. The molecular weight excluding hydrogens is 309 g/mol. The number of hydrogen-bond acceptors (Lipinski definition) is 3. The minimum Gasteiger partial charge on any atom is -0.354 e. The minimum absolute atomic E-state index is 0. The second kappa shape index (κ2) is 11.8. The van der Waals surface area contributed by atoms with Crippen molar-refractivity contribution in [2.24, 2.45) is 5.73 Å². The van der Waals surface area contributed by atoms with Gasteiger partial charge in [-0.2, -0.15) is 0 Å². The smallest absolute Gasteiger partial charge is 0.221 e. The van der Waals surface area contributed by atoms with Crippen LogP contribution in [0.2, 0.25) is 0 Å². The summed E-state index contributed by atoms with van der Waals surface area (Å²) >= 11 is 0. The molecule has 1 rings (SSSR count). The highest BCUT2D eigenvalue weighted by atomic mass is 35.5. The third-order valence-corrected chi connectivity index (χ3v) is 3.13. The fourth-order valence-corrected chi connectivity index (χ4v) is 1.81. The lowest BCUT2D eigenvalue weighted by atomic mass is 10.2. The van der Waals surface area contributed by atoms with Gasteiger partial charge in [0.15, 0.2) is 0 Å². The molecule has 0 radical (unpaired) electrons. The van der Waals surface area contributed by atoms with Gasteiger partial charge in [0.25, 0.3) is 0 Å². The number of carbonyl (C=O) groups excluding carboxylic acids is 1. The van der Waals surface area contributed by atoms with Gasteiger partial charge in [-0.15, -0.1) is 24.8 Å². The molecule has 4 nitrogen and oxygen atoms in total. The summed E-state index contributed by atoms with van der Waals surface area (Å²) in [4.78, 5) is 13.8. The molecule has 1 aromatic carbocycles. The number of benzene rings is 1. The largest absolute Gasteiger partial charge is 0.354 e. The summed E-state index contributed by atoms with van der Waals surface area (Å²) in [5.41, 5.74) is 6.87. The molecule has 6 heteroatoms. The number of likely N-dealkylation sites (N-methyl/N-ethyl adjacent to an activating group) is 1. The lowest BCUT2D eigenvalue weighted by Gasteiger charge is -2.25. The zero-order chi connectivity index (χ0) is 14.3. The molecule has 0 saturated carbocycles. The van der Waals surface area contributed by atoms with Crippen molar-refractivity contribution in [3.05, 3.63) is 35.9 Å². The Kier molecular flexibility index (Phi) is 12.6. The van der Waals surface area contributed by atoms with Crippen molar-refractivity contribution >= 4 is 30.7 Å². The van der Waals surface area contributed by atoms with Crippen LogP contribution in [-0.4, -0.2) is 36.5 Å². The first kappa shape index (κ1) is 22.5. The quantitative estimate of drug-likeness (QED) is 0.803. The fraction of sp³-hybridized carbons (Fsp3) is 0.533. The standard InChI is InChI=1S/C15H25N3O.2ClH/c1-12(16)9-15(19)17-10-13(2)18(3)11-14-7-5-4-6-8-14;;/h4-8,12-13H,9-11,16H2,1-3H3,(H,17,19);2*1H. The maximum absolute atomic E-state index is 11.5. The van der Waals surface area contributed by atoms with Crippen LogP contribution in [0.15, 0.2) is 30.3 Å². The molecular formula is C15H27Cl2N3O. The number of nitrogens with two attached hydrogens (primary N) is 1. The minimum atomic E-state index is -0.0858. The van der Waals surface area contributed by atoms with Gasteiger partial charge in [0.1, 0.15) is 0 Å². The Balaban J connectivity index is 0. The van der Waals surface area contributed by atoms with E-state index in [2.05, 4.69) is 36.3 Å². The lowest BCUT2D eigenvalue weighted by molar-refractivity contribution is -0.121. The Bertz CT molecular complexity index is 388. The second-order valence-corrected chi connectivity index (χ2v) is 5.24. The van der Waals surface area contributed by atoms with Gasteiger partial charge < -0.3 is 11.1 Å². The SMILES string of the molecule is CC(N)CC(=O)NCC(C)N(C)Cc1ccccc1.Cl.Cl. The van der Waals surface area contributed by atoms with E-state index in [1.165, 1.54) is 5.56 Å². The van der Waals surface area contributed by atoms with Crippen molar-refractivity contribution in [2.75, 3.05) is 13.6 Å². The van der Waals surface area contributed by atoms with Gasteiger partial charge in [-0.3, -0.25) is 9.69 Å². The van der Waals surface area contributed by atoms with Crippen LogP contribution in [0.25, 0.3) is 0 Å². The van der Waals surface area contributed by atoms with Crippen LogP contribution in [0.5, 0.6) is 0 Å². The van der Waals surface area contributed by atoms with E-state index in [9.17, 15) is 4.79 Å². The van der Waals surface area contributed by atoms with Crippen LogP contribution in [0.1, 0.15) is 25.8 Å². The highest BCUT2D eigenvalue weighted by molar-refractivity contribution is 5.85. The molecule has 0 heterocycles. The molecule has 2 atom stereocenters. The van der Waals surface area contributed by atoms with Crippen LogP contribution in [0.4, 0.5) is 0 Å². The number of halogens is 2. The molecule has 0 aliphatic heterocycles. The molecule has 1 aromatic rings. The van der Waals surface area contributed by atoms with E-state index in [0.29, 0.717) is 13.0 Å². The van der Waals surface area contributed by atoms with E-state index in [1.807, 2.05) is 25.1 Å². The summed E-state index contributed by atoms with van der Waals surface area (Å²) in [5.74, 6) is 0.0231. The molecule has 0 aliphatic rings. The molecule has 2 unspecified atom stereocenters. The summed E-state index contributed by atoms with van der Waals surface area (Å²) in [6.07, 6.45) is 0.384. The molecule has 0 spiro atoms. The molecule has 0 saturated heterocycles. The van der Waals surface area contributed by atoms with E-state index >= 15 is 0 Å². The van der Waals surface area contributed by atoms with Crippen molar-refractivity contribution in [3.63, 3.8) is 0 Å². The lowest BCUT2D eigenvalue weighted by Crippen LogP contribution is -2.41. The van der Waals surface area contributed by atoms with Gasteiger partial charge in [-0.1, -0.05) is 30.3 Å². The summed E-state index contributed by atoms with van der Waals surface area (Å²) < 4.78 is 0. The first-order chi connectivity index (χ1) is 8.99. The zero-order valence-corrected chi connectivity index (χ0v) is 14.5.